The number of esters is 1. The molecule has 2 aromatic carbocycles. The minimum Gasteiger partial charge on any atom is -0.465 e. The van der Waals surface area contributed by atoms with E-state index in [9.17, 15) is 4.79 Å². The monoisotopic (exact) mass is 336 g/mol. The van der Waals surface area contributed by atoms with E-state index in [1.165, 1.54) is 18.4 Å². The summed E-state index contributed by atoms with van der Waals surface area (Å²) < 4.78 is 5.80. The van der Waals surface area contributed by atoms with Crippen LogP contribution in [-0.4, -0.2) is 13.1 Å². The number of ether oxygens (including phenoxy) is 1. The molecule has 0 aliphatic heterocycles. The molecular weight excluding hydrogens is 327 g/mol. The Bertz CT molecular complexity index is 819. The van der Waals surface area contributed by atoms with Crippen molar-refractivity contribution in [1.82, 2.24) is 0 Å². The highest BCUT2D eigenvalue weighted by Crippen LogP contribution is 2.36. The maximum absolute atomic E-state index is 11.7. The van der Waals surface area contributed by atoms with Crippen molar-refractivity contribution < 1.29 is 9.53 Å². The van der Waals surface area contributed by atoms with Crippen LogP contribution in [0, 0.1) is 0 Å². The Morgan fingerprint density at radius 3 is 2.48 bits per heavy atom. The fourth-order valence-corrected chi connectivity index (χ4v) is 3.76. The highest BCUT2D eigenvalue weighted by atomic mass is 35.5. The summed E-state index contributed by atoms with van der Waals surface area (Å²) in [5.41, 5.74) is 1.91. The van der Waals surface area contributed by atoms with Gasteiger partial charge >= 0.3 is 5.97 Å². The lowest BCUT2D eigenvalue weighted by atomic mass is 10.0. The number of methoxy groups -OCH3 is 1. The van der Waals surface area contributed by atoms with Gasteiger partial charge in [0.1, 0.15) is 4.88 Å². The van der Waals surface area contributed by atoms with Gasteiger partial charge in [-0.05, 0) is 41.5 Å². The molecule has 1 aromatic heterocycles. The third-order valence-electron chi connectivity index (χ3n) is 3.12. The van der Waals surface area contributed by atoms with Gasteiger partial charge in [-0.3, -0.25) is 0 Å². The SMILES string of the molecule is COC(=O)c1cc2c(-c3cc(Cl)cc(Cl)c3)cccc2s1. The standard InChI is InChI=1S/C16H10Cl2O2S/c1-20-16(19)15-8-13-12(3-2-4-14(13)21-15)9-5-10(17)7-11(18)6-9/h2-8H,1H3. The lowest BCUT2D eigenvalue weighted by Gasteiger charge is -2.05. The van der Waals surface area contributed by atoms with Gasteiger partial charge in [-0.1, -0.05) is 35.3 Å². The summed E-state index contributed by atoms with van der Waals surface area (Å²) >= 11 is 13.6. The smallest absolute Gasteiger partial charge is 0.348 e. The summed E-state index contributed by atoms with van der Waals surface area (Å²) in [6.07, 6.45) is 0. The number of hydrogen-bond acceptors (Lipinski definition) is 3. The molecule has 1 heterocycles. The van der Waals surface area contributed by atoms with E-state index in [-0.39, 0.29) is 5.97 Å². The van der Waals surface area contributed by atoms with E-state index in [1.54, 1.807) is 6.07 Å². The zero-order valence-corrected chi connectivity index (χ0v) is 13.4. The van der Waals surface area contributed by atoms with Crippen molar-refractivity contribution in [2.24, 2.45) is 0 Å². The Morgan fingerprint density at radius 1 is 1.10 bits per heavy atom. The van der Waals surface area contributed by atoms with Gasteiger partial charge in [0.15, 0.2) is 0 Å². The van der Waals surface area contributed by atoms with Gasteiger partial charge in [0.2, 0.25) is 0 Å². The first-order chi connectivity index (χ1) is 10.1. The fourth-order valence-electron chi connectivity index (χ4n) is 2.22. The van der Waals surface area contributed by atoms with E-state index in [0.29, 0.717) is 14.9 Å². The lowest BCUT2D eigenvalue weighted by Crippen LogP contribution is -1.96. The molecule has 3 rings (SSSR count). The van der Waals surface area contributed by atoms with Crippen LogP contribution in [0.5, 0.6) is 0 Å². The predicted molar refractivity (Wildman–Crippen MR) is 88.6 cm³/mol. The molecule has 0 fully saturated rings. The van der Waals surface area contributed by atoms with Gasteiger partial charge in [0.25, 0.3) is 0 Å². The van der Waals surface area contributed by atoms with E-state index < -0.39 is 0 Å². The largest absolute Gasteiger partial charge is 0.465 e. The van der Waals surface area contributed by atoms with Crippen LogP contribution >= 0.6 is 34.5 Å². The van der Waals surface area contributed by atoms with Crippen molar-refractivity contribution >= 4 is 50.6 Å². The normalized spacial score (nSPS) is 10.8. The van der Waals surface area contributed by atoms with Crippen LogP contribution in [0.15, 0.2) is 42.5 Å². The molecule has 106 valence electrons. The van der Waals surface area contributed by atoms with Crippen molar-refractivity contribution in [3.05, 3.63) is 57.4 Å². The number of rotatable bonds is 2. The Balaban J connectivity index is 2.22. The van der Waals surface area contributed by atoms with E-state index in [2.05, 4.69) is 0 Å². The minimum absolute atomic E-state index is 0.328. The van der Waals surface area contributed by atoms with Gasteiger partial charge in [-0.2, -0.15) is 0 Å². The Hall–Kier alpha value is -1.55. The number of thiophene rings is 1. The summed E-state index contributed by atoms with van der Waals surface area (Å²) in [5.74, 6) is -0.328. The molecule has 0 unspecified atom stereocenters. The fraction of sp³-hybridized carbons (Fsp3) is 0.0625. The molecule has 0 saturated heterocycles. The summed E-state index contributed by atoms with van der Waals surface area (Å²) in [6.45, 7) is 0. The summed E-state index contributed by atoms with van der Waals surface area (Å²) in [4.78, 5) is 12.3. The third kappa shape index (κ3) is 2.77. The highest BCUT2D eigenvalue weighted by molar-refractivity contribution is 7.20. The molecule has 0 amide bonds. The van der Waals surface area contributed by atoms with Gasteiger partial charge in [-0.25, -0.2) is 4.79 Å². The number of fused-ring (bicyclic) bond motifs is 1. The molecule has 0 radical (unpaired) electrons. The van der Waals surface area contributed by atoms with Crippen LogP contribution in [0.2, 0.25) is 10.0 Å². The number of carbonyl (C=O) groups is 1. The molecule has 5 heteroatoms. The van der Waals surface area contributed by atoms with E-state index in [0.717, 1.165) is 21.2 Å². The number of hydrogen-bond donors (Lipinski definition) is 0. The van der Waals surface area contributed by atoms with Crippen LogP contribution in [-0.2, 0) is 4.74 Å². The molecule has 21 heavy (non-hydrogen) atoms. The molecule has 0 saturated carbocycles. The first kappa shape index (κ1) is 14.4. The van der Waals surface area contributed by atoms with Gasteiger partial charge in [0.05, 0.1) is 7.11 Å². The van der Waals surface area contributed by atoms with Crippen molar-refractivity contribution in [3.63, 3.8) is 0 Å². The molecule has 0 aliphatic rings. The van der Waals surface area contributed by atoms with Crippen LogP contribution < -0.4 is 0 Å². The first-order valence-electron chi connectivity index (χ1n) is 6.16. The van der Waals surface area contributed by atoms with Crippen LogP contribution in [0.1, 0.15) is 9.67 Å². The number of carbonyl (C=O) groups excluding carboxylic acids is 1. The maximum atomic E-state index is 11.7. The van der Waals surface area contributed by atoms with Gasteiger partial charge in [0, 0.05) is 20.1 Å². The maximum Gasteiger partial charge on any atom is 0.348 e. The topological polar surface area (TPSA) is 26.3 Å². The second-order valence-corrected chi connectivity index (χ2v) is 6.43. The molecule has 0 N–H and O–H groups in total. The summed E-state index contributed by atoms with van der Waals surface area (Å²) in [5, 5.41) is 2.15. The predicted octanol–water partition coefficient (Wildman–Crippen LogP) is 5.66. The molecule has 0 atom stereocenters. The third-order valence-corrected chi connectivity index (χ3v) is 4.64. The van der Waals surface area contributed by atoms with Gasteiger partial charge < -0.3 is 4.74 Å². The van der Waals surface area contributed by atoms with Crippen LogP contribution in [0.25, 0.3) is 21.2 Å². The van der Waals surface area contributed by atoms with Crippen LogP contribution in [0.4, 0.5) is 0 Å². The number of halogens is 2. The van der Waals surface area contributed by atoms with E-state index >= 15 is 0 Å². The lowest BCUT2D eigenvalue weighted by molar-refractivity contribution is 0.0606. The second kappa shape index (κ2) is 5.68. The number of benzene rings is 2. The van der Waals surface area contributed by atoms with E-state index in [1.807, 2.05) is 36.4 Å². The van der Waals surface area contributed by atoms with Crippen molar-refractivity contribution in [2.45, 2.75) is 0 Å². The molecule has 0 aliphatic carbocycles. The first-order valence-corrected chi connectivity index (χ1v) is 7.73. The molecule has 0 spiro atoms. The van der Waals surface area contributed by atoms with Crippen molar-refractivity contribution in [3.8, 4) is 11.1 Å². The average molecular weight is 337 g/mol. The average Bonchev–Trinajstić information content (AvgIpc) is 2.89. The Kier molecular flexibility index (Phi) is 3.89. The summed E-state index contributed by atoms with van der Waals surface area (Å²) in [7, 11) is 1.38. The Labute approximate surface area is 135 Å². The second-order valence-electron chi connectivity index (χ2n) is 4.48. The zero-order chi connectivity index (χ0) is 15.0. The molecule has 0 bridgehead atoms. The Morgan fingerprint density at radius 2 is 1.81 bits per heavy atom. The highest BCUT2D eigenvalue weighted by Gasteiger charge is 2.13. The van der Waals surface area contributed by atoms with Crippen molar-refractivity contribution in [2.75, 3.05) is 7.11 Å². The molecule has 3 aromatic rings. The van der Waals surface area contributed by atoms with Gasteiger partial charge in [-0.15, -0.1) is 11.3 Å². The summed E-state index contributed by atoms with van der Waals surface area (Å²) in [6, 6.07) is 13.2. The minimum atomic E-state index is -0.328. The molecular formula is C16H10Cl2O2S. The van der Waals surface area contributed by atoms with Crippen LogP contribution in [0.3, 0.4) is 0 Å². The van der Waals surface area contributed by atoms with Crippen molar-refractivity contribution in [1.29, 1.82) is 0 Å². The van der Waals surface area contributed by atoms with E-state index in [4.69, 9.17) is 27.9 Å². The zero-order valence-electron chi connectivity index (χ0n) is 11.0. The molecule has 2 nitrogen and oxygen atoms in total. The quantitative estimate of drug-likeness (QED) is 0.564.